The summed E-state index contributed by atoms with van der Waals surface area (Å²) in [7, 11) is 0. The largest absolute Gasteiger partial charge is 0.445 e. The molecule has 1 N–H and O–H groups in total. The minimum absolute atomic E-state index is 0.119. The van der Waals surface area contributed by atoms with Crippen LogP contribution in [0.15, 0.2) is 54.6 Å². The molecule has 0 bridgehead atoms. The van der Waals surface area contributed by atoms with Crippen LogP contribution in [-0.2, 0) is 28.0 Å². The van der Waals surface area contributed by atoms with E-state index in [9.17, 15) is 9.59 Å². The van der Waals surface area contributed by atoms with Crippen LogP contribution in [0, 0.1) is 11.8 Å². The molecular formula is C27H37NO3. The maximum atomic E-state index is 12.9. The van der Waals surface area contributed by atoms with Crippen LogP contribution in [0.25, 0.3) is 0 Å². The average Bonchev–Trinajstić information content (AvgIpc) is 2.74. The van der Waals surface area contributed by atoms with Gasteiger partial charge in [-0.2, -0.15) is 0 Å². The molecule has 0 fully saturated rings. The Morgan fingerprint density at radius 1 is 0.903 bits per heavy atom. The van der Waals surface area contributed by atoms with Gasteiger partial charge in [-0.3, -0.25) is 4.79 Å². The standard InChI is InChI=1S/C27H37NO3/c1-19(2)25(28-26(30)31-18-22-10-8-7-9-11-22)20(3)24(29)17-14-21-12-15-23(16-13-21)27(4,5)6/h7-13,15-16,19-20,25H,14,17-18H2,1-6H3,(H,28,30)/t20-,25-/m0/s1. The lowest BCUT2D eigenvalue weighted by Gasteiger charge is -2.27. The number of Topliss-reactive ketones (excluding diaryl/α,β-unsaturated/α-hetero) is 1. The fourth-order valence-corrected chi connectivity index (χ4v) is 3.64. The van der Waals surface area contributed by atoms with E-state index in [1.165, 1.54) is 5.56 Å². The molecule has 168 valence electrons. The van der Waals surface area contributed by atoms with Crippen LogP contribution in [0.5, 0.6) is 0 Å². The molecular weight excluding hydrogens is 386 g/mol. The van der Waals surface area contributed by atoms with Gasteiger partial charge in [0.25, 0.3) is 0 Å². The summed E-state index contributed by atoms with van der Waals surface area (Å²) in [4.78, 5) is 25.2. The van der Waals surface area contributed by atoms with Gasteiger partial charge in [0, 0.05) is 18.4 Å². The Bertz CT molecular complexity index is 835. The van der Waals surface area contributed by atoms with Crippen LogP contribution in [-0.4, -0.2) is 17.9 Å². The highest BCUT2D eigenvalue weighted by atomic mass is 16.5. The van der Waals surface area contributed by atoms with Crippen molar-refractivity contribution >= 4 is 11.9 Å². The number of benzene rings is 2. The molecule has 0 unspecified atom stereocenters. The second-order valence-corrected chi connectivity index (χ2v) is 9.68. The van der Waals surface area contributed by atoms with Gasteiger partial charge in [-0.25, -0.2) is 4.79 Å². The fraction of sp³-hybridized carbons (Fsp3) is 0.481. The summed E-state index contributed by atoms with van der Waals surface area (Å²) in [6.45, 7) is 12.7. The number of alkyl carbamates (subject to hydrolysis) is 1. The second kappa shape index (κ2) is 11.1. The van der Waals surface area contributed by atoms with Crippen LogP contribution in [0.3, 0.4) is 0 Å². The normalized spacial score (nSPS) is 13.5. The Hall–Kier alpha value is -2.62. The Morgan fingerprint density at radius 3 is 2.06 bits per heavy atom. The number of nitrogens with one attached hydrogen (secondary N) is 1. The number of hydrogen-bond donors (Lipinski definition) is 1. The lowest BCUT2D eigenvalue weighted by Crippen LogP contribution is -2.45. The molecule has 0 radical (unpaired) electrons. The molecule has 0 spiro atoms. The van der Waals surface area contributed by atoms with Gasteiger partial charge in [-0.05, 0) is 34.4 Å². The Morgan fingerprint density at radius 2 is 1.52 bits per heavy atom. The van der Waals surface area contributed by atoms with Crippen LogP contribution >= 0.6 is 0 Å². The predicted molar refractivity (Wildman–Crippen MR) is 126 cm³/mol. The van der Waals surface area contributed by atoms with Crippen LogP contribution < -0.4 is 5.32 Å². The SMILES string of the molecule is CC(C)[C@H](NC(=O)OCc1ccccc1)[C@@H](C)C(=O)CCc1ccc(C(C)(C)C)cc1. The number of carbonyl (C=O) groups excluding carboxylic acids is 2. The van der Waals surface area contributed by atoms with Gasteiger partial charge in [-0.15, -0.1) is 0 Å². The molecule has 0 aromatic heterocycles. The topological polar surface area (TPSA) is 55.4 Å². The zero-order valence-corrected chi connectivity index (χ0v) is 19.8. The monoisotopic (exact) mass is 423 g/mol. The zero-order chi connectivity index (χ0) is 23.0. The summed E-state index contributed by atoms with van der Waals surface area (Å²) in [5, 5.41) is 2.91. The maximum Gasteiger partial charge on any atom is 0.407 e. The van der Waals surface area contributed by atoms with E-state index in [0.29, 0.717) is 12.8 Å². The first-order chi connectivity index (χ1) is 14.6. The first-order valence-electron chi connectivity index (χ1n) is 11.2. The van der Waals surface area contributed by atoms with Crippen molar-refractivity contribution in [2.75, 3.05) is 0 Å². The lowest BCUT2D eigenvalue weighted by molar-refractivity contribution is -0.123. The highest BCUT2D eigenvalue weighted by Crippen LogP contribution is 2.23. The smallest absolute Gasteiger partial charge is 0.407 e. The van der Waals surface area contributed by atoms with Gasteiger partial charge in [0.1, 0.15) is 12.4 Å². The molecule has 2 rings (SSSR count). The zero-order valence-electron chi connectivity index (χ0n) is 19.8. The highest BCUT2D eigenvalue weighted by Gasteiger charge is 2.28. The summed E-state index contributed by atoms with van der Waals surface area (Å²) in [6, 6.07) is 17.8. The number of hydrogen-bond acceptors (Lipinski definition) is 3. The maximum absolute atomic E-state index is 12.9. The van der Waals surface area contributed by atoms with Gasteiger partial charge in [-0.1, -0.05) is 96.1 Å². The van der Waals surface area contributed by atoms with Crippen molar-refractivity contribution in [3.8, 4) is 0 Å². The van der Waals surface area contributed by atoms with E-state index in [0.717, 1.165) is 11.1 Å². The molecule has 2 aromatic carbocycles. The molecule has 0 aliphatic rings. The number of carbonyl (C=O) groups is 2. The molecule has 4 nitrogen and oxygen atoms in total. The van der Waals surface area contributed by atoms with Gasteiger partial charge in [0.2, 0.25) is 0 Å². The van der Waals surface area contributed by atoms with Gasteiger partial charge < -0.3 is 10.1 Å². The molecule has 0 saturated carbocycles. The molecule has 0 saturated heterocycles. The number of ether oxygens (including phenoxy) is 1. The predicted octanol–water partition coefficient (Wildman–Crippen LogP) is 6.07. The van der Waals surface area contributed by atoms with Crippen molar-refractivity contribution in [2.45, 2.75) is 72.4 Å². The van der Waals surface area contributed by atoms with E-state index in [-0.39, 0.29) is 35.7 Å². The van der Waals surface area contributed by atoms with Gasteiger partial charge >= 0.3 is 6.09 Å². The average molecular weight is 424 g/mol. The van der Waals surface area contributed by atoms with Gasteiger partial charge in [0.05, 0.1) is 0 Å². The molecule has 2 atom stereocenters. The minimum atomic E-state index is -0.486. The summed E-state index contributed by atoms with van der Waals surface area (Å²) in [5.41, 5.74) is 3.49. The van der Waals surface area contributed by atoms with E-state index in [2.05, 4.69) is 50.4 Å². The number of amides is 1. The van der Waals surface area contributed by atoms with E-state index >= 15 is 0 Å². The first kappa shape index (κ1) is 24.6. The van der Waals surface area contributed by atoms with E-state index in [1.54, 1.807) is 0 Å². The van der Waals surface area contributed by atoms with Crippen molar-refractivity contribution in [3.05, 3.63) is 71.3 Å². The van der Waals surface area contributed by atoms with Crippen molar-refractivity contribution in [3.63, 3.8) is 0 Å². The van der Waals surface area contributed by atoms with E-state index in [1.807, 2.05) is 51.1 Å². The third kappa shape index (κ3) is 7.86. The molecule has 31 heavy (non-hydrogen) atoms. The van der Waals surface area contributed by atoms with Crippen LogP contribution in [0.1, 0.15) is 64.7 Å². The number of rotatable bonds is 9. The summed E-state index contributed by atoms with van der Waals surface area (Å²) in [5.74, 6) is -0.00521. The Labute approximate surface area is 187 Å². The number of ketones is 1. The second-order valence-electron chi connectivity index (χ2n) is 9.68. The first-order valence-corrected chi connectivity index (χ1v) is 11.2. The summed E-state index contributed by atoms with van der Waals surface area (Å²) >= 11 is 0. The molecule has 4 heteroatoms. The quantitative estimate of drug-likeness (QED) is 0.532. The summed E-state index contributed by atoms with van der Waals surface area (Å²) in [6.07, 6.45) is 0.677. The molecule has 1 amide bonds. The number of aryl methyl sites for hydroxylation is 1. The van der Waals surface area contributed by atoms with Crippen LogP contribution in [0.2, 0.25) is 0 Å². The minimum Gasteiger partial charge on any atom is -0.445 e. The van der Waals surface area contributed by atoms with E-state index in [4.69, 9.17) is 4.74 Å². The van der Waals surface area contributed by atoms with Crippen molar-refractivity contribution < 1.29 is 14.3 Å². The third-order valence-corrected chi connectivity index (χ3v) is 5.74. The van der Waals surface area contributed by atoms with Crippen molar-refractivity contribution in [1.29, 1.82) is 0 Å². The third-order valence-electron chi connectivity index (χ3n) is 5.74. The van der Waals surface area contributed by atoms with Gasteiger partial charge in [0.15, 0.2) is 0 Å². The lowest BCUT2D eigenvalue weighted by atomic mass is 9.85. The Balaban J connectivity index is 1.88. The molecule has 2 aromatic rings. The molecule has 0 aliphatic heterocycles. The Kier molecular flexibility index (Phi) is 8.85. The van der Waals surface area contributed by atoms with Crippen LogP contribution in [0.4, 0.5) is 4.79 Å². The summed E-state index contributed by atoms with van der Waals surface area (Å²) < 4.78 is 5.35. The van der Waals surface area contributed by atoms with Crippen molar-refractivity contribution in [2.24, 2.45) is 11.8 Å². The van der Waals surface area contributed by atoms with Crippen molar-refractivity contribution in [1.82, 2.24) is 5.32 Å². The molecule has 0 heterocycles. The highest BCUT2D eigenvalue weighted by molar-refractivity contribution is 5.82. The fourth-order valence-electron chi connectivity index (χ4n) is 3.64. The molecule has 0 aliphatic carbocycles. The van der Waals surface area contributed by atoms with E-state index < -0.39 is 6.09 Å².